The lowest BCUT2D eigenvalue weighted by molar-refractivity contribution is -0.137. The Bertz CT molecular complexity index is 1090. The minimum atomic E-state index is -4.49. The first-order valence-electron chi connectivity index (χ1n) is 8.18. The van der Waals surface area contributed by atoms with Crippen LogP contribution >= 0.6 is 0 Å². The lowest BCUT2D eigenvalue weighted by Gasteiger charge is -2.11. The van der Waals surface area contributed by atoms with Crippen molar-refractivity contribution in [2.45, 2.75) is 6.18 Å². The van der Waals surface area contributed by atoms with Crippen LogP contribution in [0.15, 0.2) is 88.9 Å². The molecule has 0 saturated carbocycles. The number of hydrogen-bond donors (Lipinski definition) is 1. The van der Waals surface area contributed by atoms with E-state index in [9.17, 15) is 18.0 Å². The first-order valence-corrected chi connectivity index (χ1v) is 8.18. The lowest BCUT2D eigenvalue weighted by Crippen LogP contribution is -2.20. The molecule has 8 heteroatoms. The molecule has 1 aromatic heterocycles. The molecule has 5 nitrogen and oxygen atoms in total. The predicted molar refractivity (Wildman–Crippen MR) is 101 cm³/mol. The van der Waals surface area contributed by atoms with Gasteiger partial charge in [-0.15, -0.1) is 0 Å². The first-order chi connectivity index (χ1) is 13.4. The summed E-state index contributed by atoms with van der Waals surface area (Å²) in [7, 11) is 0. The molecule has 2 N–H and O–H groups in total. The average Bonchev–Trinajstić information content (AvgIpc) is 2.68. The van der Waals surface area contributed by atoms with Gasteiger partial charge in [0.05, 0.1) is 22.6 Å². The fraction of sp³-hybridized carbons (Fsp3) is 0.0500. The maximum Gasteiger partial charge on any atom is 0.416 e. The number of allylic oxidation sites excluding steroid dienone is 1. The number of hydrogen-bond acceptors (Lipinski definition) is 4. The Morgan fingerprint density at radius 1 is 1.07 bits per heavy atom. The molecule has 0 radical (unpaired) electrons. The number of nitrogens with two attached hydrogens (primary N) is 1. The van der Waals surface area contributed by atoms with Crippen molar-refractivity contribution < 1.29 is 13.2 Å². The van der Waals surface area contributed by atoms with Gasteiger partial charge in [-0.05, 0) is 42.6 Å². The predicted octanol–water partition coefficient (Wildman–Crippen LogP) is 3.84. The second kappa shape index (κ2) is 7.91. The number of nitrogens with zero attached hydrogens (tertiary/aromatic N) is 3. The van der Waals surface area contributed by atoms with E-state index in [-0.39, 0.29) is 17.1 Å². The number of halogens is 3. The molecule has 1 heterocycles. The molecule has 0 atom stereocenters. The van der Waals surface area contributed by atoms with Crippen LogP contribution in [0.25, 0.3) is 5.69 Å². The number of benzene rings is 2. The van der Waals surface area contributed by atoms with Crippen molar-refractivity contribution in [3.05, 3.63) is 101 Å². The van der Waals surface area contributed by atoms with E-state index in [0.29, 0.717) is 5.69 Å². The largest absolute Gasteiger partial charge is 0.416 e. The molecule has 0 aliphatic heterocycles. The second-order valence-electron chi connectivity index (χ2n) is 5.71. The van der Waals surface area contributed by atoms with Crippen LogP contribution in [0, 0.1) is 0 Å². The van der Waals surface area contributed by atoms with Gasteiger partial charge in [-0.2, -0.15) is 18.3 Å². The SMILES string of the molecule is NC=CC(=Nc1ccccc1)c1nn(-c2cccc(C(F)(F)F)c2)ccc1=O. The average molecular weight is 384 g/mol. The van der Waals surface area contributed by atoms with Crippen LogP contribution in [0.4, 0.5) is 18.9 Å². The number of alkyl halides is 3. The Hall–Kier alpha value is -3.68. The number of aromatic nitrogens is 2. The summed E-state index contributed by atoms with van der Waals surface area (Å²) < 4.78 is 40.1. The van der Waals surface area contributed by atoms with Gasteiger partial charge in [0.2, 0.25) is 5.43 Å². The van der Waals surface area contributed by atoms with Crippen LogP contribution in [0.5, 0.6) is 0 Å². The summed E-state index contributed by atoms with van der Waals surface area (Å²) in [6.45, 7) is 0. The zero-order valence-corrected chi connectivity index (χ0v) is 14.5. The van der Waals surface area contributed by atoms with E-state index in [1.807, 2.05) is 6.07 Å². The Kier molecular flexibility index (Phi) is 5.39. The van der Waals surface area contributed by atoms with Crippen molar-refractivity contribution in [2.24, 2.45) is 10.7 Å². The highest BCUT2D eigenvalue weighted by Gasteiger charge is 2.30. The number of aliphatic imine (C=N–C) groups is 1. The van der Waals surface area contributed by atoms with Crippen molar-refractivity contribution in [1.29, 1.82) is 0 Å². The molecule has 0 aliphatic carbocycles. The molecular formula is C20H15F3N4O. The molecule has 0 aliphatic rings. The summed E-state index contributed by atoms with van der Waals surface area (Å²) in [6.07, 6.45) is -0.564. The van der Waals surface area contributed by atoms with E-state index in [2.05, 4.69) is 10.1 Å². The van der Waals surface area contributed by atoms with E-state index >= 15 is 0 Å². The third-order valence-electron chi connectivity index (χ3n) is 3.75. The van der Waals surface area contributed by atoms with Crippen LogP contribution in [-0.4, -0.2) is 15.5 Å². The third-order valence-corrected chi connectivity index (χ3v) is 3.75. The molecule has 142 valence electrons. The maximum absolute atomic E-state index is 13.0. The van der Waals surface area contributed by atoms with Gasteiger partial charge in [0.25, 0.3) is 0 Å². The van der Waals surface area contributed by atoms with Gasteiger partial charge in [-0.25, -0.2) is 9.67 Å². The number of rotatable bonds is 4. The molecule has 0 amide bonds. The molecule has 2 aromatic carbocycles. The van der Waals surface area contributed by atoms with Crippen LogP contribution < -0.4 is 11.2 Å². The van der Waals surface area contributed by atoms with E-state index in [1.54, 1.807) is 24.3 Å². The van der Waals surface area contributed by atoms with Crippen molar-refractivity contribution in [2.75, 3.05) is 0 Å². The smallest absolute Gasteiger partial charge is 0.405 e. The van der Waals surface area contributed by atoms with E-state index in [0.717, 1.165) is 12.1 Å². The van der Waals surface area contributed by atoms with Crippen LogP contribution in [0.1, 0.15) is 11.3 Å². The Morgan fingerprint density at radius 3 is 2.50 bits per heavy atom. The molecule has 0 saturated heterocycles. The van der Waals surface area contributed by atoms with Crippen molar-refractivity contribution in [1.82, 2.24) is 9.78 Å². The van der Waals surface area contributed by atoms with Gasteiger partial charge in [-0.3, -0.25) is 4.79 Å². The maximum atomic E-state index is 13.0. The van der Waals surface area contributed by atoms with Crippen LogP contribution in [-0.2, 0) is 6.18 Å². The quantitative estimate of drug-likeness (QED) is 0.695. The Balaban J connectivity index is 2.11. The van der Waals surface area contributed by atoms with Gasteiger partial charge in [0.15, 0.2) is 5.69 Å². The normalized spacial score (nSPS) is 12.5. The molecular weight excluding hydrogens is 369 g/mol. The molecule has 3 aromatic rings. The minimum Gasteiger partial charge on any atom is -0.405 e. The van der Waals surface area contributed by atoms with E-state index in [1.165, 1.54) is 41.4 Å². The van der Waals surface area contributed by atoms with Gasteiger partial charge in [-0.1, -0.05) is 24.3 Å². The summed E-state index contributed by atoms with van der Waals surface area (Å²) in [6, 6.07) is 14.7. The second-order valence-corrected chi connectivity index (χ2v) is 5.71. The van der Waals surface area contributed by atoms with Crippen molar-refractivity contribution in [3.8, 4) is 5.69 Å². The highest BCUT2D eigenvalue weighted by atomic mass is 19.4. The Morgan fingerprint density at radius 2 is 1.82 bits per heavy atom. The monoisotopic (exact) mass is 384 g/mol. The minimum absolute atomic E-state index is 0.0366. The van der Waals surface area contributed by atoms with Gasteiger partial charge >= 0.3 is 6.18 Å². The van der Waals surface area contributed by atoms with Crippen LogP contribution in [0.2, 0.25) is 0 Å². The summed E-state index contributed by atoms with van der Waals surface area (Å²) in [5.74, 6) is 0. The summed E-state index contributed by atoms with van der Waals surface area (Å²) >= 11 is 0. The fourth-order valence-electron chi connectivity index (χ4n) is 2.46. The van der Waals surface area contributed by atoms with Gasteiger partial charge in [0, 0.05) is 12.3 Å². The zero-order valence-electron chi connectivity index (χ0n) is 14.5. The fourth-order valence-corrected chi connectivity index (χ4v) is 2.46. The highest BCUT2D eigenvalue weighted by Crippen LogP contribution is 2.30. The highest BCUT2D eigenvalue weighted by molar-refractivity contribution is 6.08. The molecule has 0 bridgehead atoms. The van der Waals surface area contributed by atoms with Gasteiger partial charge < -0.3 is 5.73 Å². The Labute approximate surface area is 158 Å². The van der Waals surface area contributed by atoms with Crippen LogP contribution in [0.3, 0.4) is 0 Å². The van der Waals surface area contributed by atoms with Crippen molar-refractivity contribution >= 4 is 11.4 Å². The molecule has 0 fully saturated rings. The summed E-state index contributed by atoms with van der Waals surface area (Å²) in [5, 5.41) is 4.18. The number of para-hydroxylation sites is 1. The molecule has 3 rings (SSSR count). The van der Waals surface area contributed by atoms with Gasteiger partial charge in [0.1, 0.15) is 0 Å². The summed E-state index contributed by atoms with van der Waals surface area (Å²) in [4.78, 5) is 16.7. The third kappa shape index (κ3) is 4.35. The molecule has 0 spiro atoms. The zero-order chi connectivity index (χ0) is 20.1. The standard InChI is InChI=1S/C20H15F3N4O/c21-20(22,23)14-5-4-8-16(13-14)27-12-10-18(28)19(26-27)17(9-11-24)25-15-6-2-1-3-7-15/h1-13H,24H2. The van der Waals surface area contributed by atoms with E-state index in [4.69, 9.17) is 5.73 Å². The lowest BCUT2D eigenvalue weighted by atomic mass is 10.2. The van der Waals surface area contributed by atoms with E-state index < -0.39 is 17.2 Å². The summed E-state index contributed by atoms with van der Waals surface area (Å²) in [5.41, 5.74) is 5.11. The molecule has 0 unspecified atom stereocenters. The first kappa shape index (κ1) is 19.1. The molecule has 28 heavy (non-hydrogen) atoms. The topological polar surface area (TPSA) is 73.3 Å². The van der Waals surface area contributed by atoms with Crippen molar-refractivity contribution in [3.63, 3.8) is 0 Å².